The van der Waals surface area contributed by atoms with Crippen LogP contribution in [0, 0.1) is 24.4 Å². The Morgan fingerprint density at radius 3 is 2.45 bits per heavy atom. The third kappa shape index (κ3) is 2.59. The number of halogens is 3. The summed E-state index contributed by atoms with van der Waals surface area (Å²) >= 11 is 0. The van der Waals surface area contributed by atoms with Crippen molar-refractivity contribution in [2.24, 2.45) is 0 Å². The molecule has 0 saturated heterocycles. The minimum absolute atomic E-state index is 0.0669. The number of rotatable bonds is 2. The summed E-state index contributed by atoms with van der Waals surface area (Å²) in [7, 11) is 0. The normalized spacial score (nSPS) is 10.4. The van der Waals surface area contributed by atoms with Gasteiger partial charge in [-0.1, -0.05) is 6.07 Å². The van der Waals surface area contributed by atoms with Gasteiger partial charge in [0.25, 0.3) is 5.91 Å². The Hall–Kier alpha value is -2.50. The van der Waals surface area contributed by atoms with E-state index in [4.69, 9.17) is 0 Å². The number of aromatic hydroxyl groups is 1. The fourth-order valence-electron chi connectivity index (χ4n) is 1.57. The van der Waals surface area contributed by atoms with Crippen molar-refractivity contribution in [1.29, 1.82) is 0 Å². The molecule has 0 heterocycles. The Balaban J connectivity index is 2.28. The minimum Gasteiger partial charge on any atom is -0.508 e. The Morgan fingerprint density at radius 2 is 1.80 bits per heavy atom. The summed E-state index contributed by atoms with van der Waals surface area (Å²) in [5, 5.41) is 11.6. The maximum Gasteiger partial charge on any atom is 0.255 e. The number of benzene rings is 2. The number of phenolic OH excluding ortho intramolecular Hbond substituents is 1. The first-order chi connectivity index (χ1) is 9.40. The quantitative estimate of drug-likeness (QED) is 0.829. The Morgan fingerprint density at radius 1 is 1.10 bits per heavy atom. The molecular weight excluding hydrogens is 271 g/mol. The molecule has 0 aliphatic rings. The van der Waals surface area contributed by atoms with Gasteiger partial charge < -0.3 is 10.4 Å². The van der Waals surface area contributed by atoms with Gasteiger partial charge in [0.15, 0.2) is 17.5 Å². The highest BCUT2D eigenvalue weighted by Crippen LogP contribution is 2.22. The van der Waals surface area contributed by atoms with Crippen molar-refractivity contribution in [1.82, 2.24) is 0 Å². The fourth-order valence-corrected chi connectivity index (χ4v) is 1.57. The summed E-state index contributed by atoms with van der Waals surface area (Å²) in [4.78, 5) is 11.8. The van der Waals surface area contributed by atoms with E-state index in [1.165, 1.54) is 18.2 Å². The van der Waals surface area contributed by atoms with Gasteiger partial charge in [-0.2, -0.15) is 0 Å². The van der Waals surface area contributed by atoms with Crippen LogP contribution in [0.2, 0.25) is 0 Å². The zero-order chi connectivity index (χ0) is 14.9. The van der Waals surface area contributed by atoms with Gasteiger partial charge in [-0.05, 0) is 36.8 Å². The van der Waals surface area contributed by atoms with Crippen LogP contribution in [0.4, 0.5) is 18.9 Å². The van der Waals surface area contributed by atoms with E-state index in [0.29, 0.717) is 11.6 Å². The summed E-state index contributed by atoms with van der Waals surface area (Å²) in [6.07, 6.45) is 0. The van der Waals surface area contributed by atoms with Gasteiger partial charge in [-0.25, -0.2) is 13.2 Å². The van der Waals surface area contributed by atoms with Gasteiger partial charge in [0.05, 0.1) is 5.69 Å². The smallest absolute Gasteiger partial charge is 0.255 e. The van der Waals surface area contributed by atoms with Gasteiger partial charge in [0.1, 0.15) is 5.75 Å². The van der Waals surface area contributed by atoms with E-state index >= 15 is 0 Å². The molecule has 2 aromatic rings. The van der Waals surface area contributed by atoms with Crippen molar-refractivity contribution >= 4 is 11.6 Å². The van der Waals surface area contributed by atoms with E-state index in [9.17, 15) is 23.1 Å². The lowest BCUT2D eigenvalue weighted by Crippen LogP contribution is -2.14. The molecule has 20 heavy (non-hydrogen) atoms. The number of aryl methyl sites for hydroxylation is 1. The van der Waals surface area contributed by atoms with Crippen LogP contribution < -0.4 is 5.32 Å². The molecule has 0 atom stereocenters. The van der Waals surface area contributed by atoms with Gasteiger partial charge >= 0.3 is 0 Å². The van der Waals surface area contributed by atoms with Crippen LogP contribution >= 0.6 is 0 Å². The minimum atomic E-state index is -1.66. The average molecular weight is 281 g/mol. The number of anilines is 1. The van der Waals surface area contributed by atoms with Crippen LogP contribution in [-0.2, 0) is 0 Å². The molecule has 6 heteroatoms. The van der Waals surface area contributed by atoms with E-state index in [0.717, 1.165) is 6.07 Å². The highest BCUT2D eigenvalue weighted by molar-refractivity contribution is 6.04. The molecule has 0 spiro atoms. The number of carbonyl (C=O) groups excluding carboxylic acids is 1. The molecule has 3 nitrogen and oxygen atoms in total. The van der Waals surface area contributed by atoms with Crippen molar-refractivity contribution < 1.29 is 23.1 Å². The number of amides is 1. The summed E-state index contributed by atoms with van der Waals surface area (Å²) in [6.45, 7) is 1.64. The van der Waals surface area contributed by atoms with Crippen molar-refractivity contribution in [3.8, 4) is 5.75 Å². The highest BCUT2D eigenvalue weighted by atomic mass is 19.2. The molecule has 1 amide bonds. The molecule has 0 aliphatic carbocycles. The van der Waals surface area contributed by atoms with E-state index in [2.05, 4.69) is 5.32 Å². The second-order valence-electron chi connectivity index (χ2n) is 4.18. The molecule has 0 aliphatic heterocycles. The van der Waals surface area contributed by atoms with Gasteiger partial charge in [0, 0.05) is 5.56 Å². The molecule has 2 N–H and O–H groups in total. The Bertz CT molecular complexity index is 686. The lowest BCUT2D eigenvalue weighted by molar-refractivity contribution is 0.102. The van der Waals surface area contributed by atoms with Crippen LogP contribution in [0.1, 0.15) is 15.9 Å². The molecule has 0 radical (unpaired) electrons. The summed E-state index contributed by atoms with van der Waals surface area (Å²) < 4.78 is 39.2. The number of nitrogens with one attached hydrogen (secondary N) is 1. The maximum absolute atomic E-state index is 13.4. The lowest BCUT2D eigenvalue weighted by Gasteiger charge is -2.08. The lowest BCUT2D eigenvalue weighted by atomic mass is 10.1. The molecule has 0 unspecified atom stereocenters. The van der Waals surface area contributed by atoms with Crippen molar-refractivity contribution in [3.63, 3.8) is 0 Å². The van der Waals surface area contributed by atoms with Crippen molar-refractivity contribution in [2.45, 2.75) is 6.92 Å². The molecule has 104 valence electrons. The van der Waals surface area contributed by atoms with Crippen LogP contribution in [0.5, 0.6) is 5.75 Å². The van der Waals surface area contributed by atoms with Crippen LogP contribution in [0.3, 0.4) is 0 Å². The predicted molar refractivity (Wildman–Crippen MR) is 67.1 cm³/mol. The zero-order valence-electron chi connectivity index (χ0n) is 10.4. The molecule has 2 aromatic carbocycles. The monoisotopic (exact) mass is 281 g/mol. The van der Waals surface area contributed by atoms with Gasteiger partial charge in [-0.15, -0.1) is 0 Å². The van der Waals surface area contributed by atoms with Crippen LogP contribution in [0.15, 0.2) is 30.3 Å². The average Bonchev–Trinajstić information content (AvgIpc) is 2.42. The van der Waals surface area contributed by atoms with Crippen LogP contribution in [0.25, 0.3) is 0 Å². The first-order valence-electron chi connectivity index (χ1n) is 5.64. The first-order valence-corrected chi connectivity index (χ1v) is 5.64. The number of hydrogen-bond donors (Lipinski definition) is 2. The molecule has 0 fully saturated rings. The molecule has 0 bridgehead atoms. The summed E-state index contributed by atoms with van der Waals surface area (Å²) in [5.74, 6) is -5.31. The van der Waals surface area contributed by atoms with E-state index in [1.54, 1.807) is 6.92 Å². The standard InChI is InChI=1S/C14H10F3NO2/c1-7-2-3-8(6-11(7)19)14(20)18-10-5-4-9(15)12(16)13(10)17/h2-6,19H,1H3,(H,18,20). The largest absolute Gasteiger partial charge is 0.508 e. The van der Waals surface area contributed by atoms with Gasteiger partial charge in [0.2, 0.25) is 0 Å². The summed E-state index contributed by atoms with van der Waals surface area (Å²) in [5.41, 5.74) is 0.159. The van der Waals surface area contributed by atoms with Crippen molar-refractivity contribution in [2.75, 3.05) is 5.32 Å². The maximum atomic E-state index is 13.4. The third-order valence-electron chi connectivity index (χ3n) is 2.75. The Kier molecular flexibility index (Phi) is 3.65. The predicted octanol–water partition coefficient (Wildman–Crippen LogP) is 3.37. The molecule has 0 aromatic heterocycles. The van der Waals surface area contributed by atoms with E-state index in [-0.39, 0.29) is 11.3 Å². The molecular formula is C14H10F3NO2. The second kappa shape index (κ2) is 5.24. The first kappa shape index (κ1) is 13.9. The molecule has 0 saturated carbocycles. The Labute approximate surface area is 112 Å². The number of carbonyl (C=O) groups is 1. The van der Waals surface area contributed by atoms with E-state index in [1.807, 2.05) is 0 Å². The summed E-state index contributed by atoms with van der Waals surface area (Å²) in [6, 6.07) is 5.75. The highest BCUT2D eigenvalue weighted by Gasteiger charge is 2.16. The van der Waals surface area contributed by atoms with Gasteiger partial charge in [-0.3, -0.25) is 4.79 Å². The van der Waals surface area contributed by atoms with Crippen LogP contribution in [-0.4, -0.2) is 11.0 Å². The number of hydrogen-bond acceptors (Lipinski definition) is 2. The molecule has 2 rings (SSSR count). The fraction of sp³-hybridized carbons (Fsp3) is 0.0714. The third-order valence-corrected chi connectivity index (χ3v) is 2.75. The number of phenols is 1. The SMILES string of the molecule is Cc1ccc(C(=O)Nc2ccc(F)c(F)c2F)cc1O. The van der Waals surface area contributed by atoms with E-state index < -0.39 is 29.0 Å². The topological polar surface area (TPSA) is 49.3 Å². The zero-order valence-corrected chi connectivity index (χ0v) is 10.4. The second-order valence-corrected chi connectivity index (χ2v) is 4.18. The van der Waals surface area contributed by atoms with Crippen molar-refractivity contribution in [3.05, 3.63) is 58.9 Å².